The maximum Gasteiger partial charge on any atom is 0.243 e. The molecule has 0 radical (unpaired) electrons. The van der Waals surface area contributed by atoms with Crippen molar-refractivity contribution >= 4 is 20.0 Å². The lowest BCUT2D eigenvalue weighted by molar-refractivity contribution is -0.0797. The molecule has 10 heteroatoms. The molecule has 27 heavy (non-hydrogen) atoms. The minimum atomic E-state index is -3.67. The van der Waals surface area contributed by atoms with Gasteiger partial charge in [0.05, 0.1) is 30.5 Å². The van der Waals surface area contributed by atoms with Crippen LogP contribution in [0.5, 0.6) is 0 Å². The molecular weight excluding hydrogens is 392 g/mol. The number of hydrogen-bond donors (Lipinski definition) is 1. The van der Waals surface area contributed by atoms with Crippen molar-refractivity contribution in [2.75, 3.05) is 39.1 Å². The molecule has 2 heterocycles. The second kappa shape index (κ2) is 7.76. The molecule has 2 saturated heterocycles. The van der Waals surface area contributed by atoms with Gasteiger partial charge in [0.1, 0.15) is 5.60 Å². The third kappa shape index (κ3) is 4.87. The molecule has 2 aliphatic rings. The minimum Gasteiger partial charge on any atom is -0.377 e. The van der Waals surface area contributed by atoms with Crippen LogP contribution in [0.1, 0.15) is 18.4 Å². The summed E-state index contributed by atoms with van der Waals surface area (Å²) in [6, 6.07) is 6.90. The van der Waals surface area contributed by atoms with E-state index in [1.807, 2.05) is 0 Å². The molecule has 1 aromatic rings. The van der Waals surface area contributed by atoms with Crippen LogP contribution < -0.4 is 4.72 Å². The monoisotopic (exact) mass is 418 g/mol. The Morgan fingerprint density at radius 3 is 2.70 bits per heavy atom. The first kappa shape index (κ1) is 20.7. The number of nitrogens with one attached hydrogen (secondary N) is 1. The van der Waals surface area contributed by atoms with E-state index in [1.54, 1.807) is 31.2 Å². The van der Waals surface area contributed by atoms with Crippen LogP contribution in [0.25, 0.3) is 0 Å². The van der Waals surface area contributed by atoms with Gasteiger partial charge in [0.2, 0.25) is 20.0 Å². The summed E-state index contributed by atoms with van der Waals surface area (Å²) in [5.74, 6) is 0. The zero-order chi connectivity index (χ0) is 19.7. The van der Waals surface area contributed by atoms with E-state index in [0.29, 0.717) is 31.6 Å². The maximum atomic E-state index is 13.2. The summed E-state index contributed by atoms with van der Waals surface area (Å²) in [6.45, 7) is 2.98. The fraction of sp³-hybridized carbons (Fsp3) is 0.647. The summed E-state index contributed by atoms with van der Waals surface area (Å²) < 4.78 is 64.6. The van der Waals surface area contributed by atoms with E-state index in [9.17, 15) is 16.8 Å². The van der Waals surface area contributed by atoms with Crippen LogP contribution in [-0.2, 0) is 29.5 Å². The van der Waals surface area contributed by atoms with E-state index in [0.717, 1.165) is 6.26 Å². The number of hydrogen-bond acceptors (Lipinski definition) is 6. The summed E-state index contributed by atoms with van der Waals surface area (Å²) in [7, 11) is -6.97. The summed E-state index contributed by atoms with van der Waals surface area (Å²) >= 11 is 0. The van der Waals surface area contributed by atoms with Crippen LogP contribution in [0.3, 0.4) is 0 Å². The normalized spacial score (nSPS) is 27.7. The van der Waals surface area contributed by atoms with Gasteiger partial charge >= 0.3 is 0 Å². The van der Waals surface area contributed by atoms with Gasteiger partial charge in [0.25, 0.3) is 0 Å². The first-order valence-corrected chi connectivity index (χ1v) is 12.2. The van der Waals surface area contributed by atoms with Crippen LogP contribution in [0.15, 0.2) is 29.2 Å². The molecule has 0 aromatic heterocycles. The Labute approximate surface area is 160 Å². The molecule has 0 unspecified atom stereocenters. The predicted molar refractivity (Wildman–Crippen MR) is 100 cm³/mol. The van der Waals surface area contributed by atoms with Gasteiger partial charge in [-0.25, -0.2) is 21.6 Å². The van der Waals surface area contributed by atoms with Gasteiger partial charge < -0.3 is 9.47 Å². The van der Waals surface area contributed by atoms with Gasteiger partial charge in [0.15, 0.2) is 0 Å². The van der Waals surface area contributed by atoms with Crippen LogP contribution in [0.2, 0.25) is 0 Å². The van der Waals surface area contributed by atoms with E-state index in [1.165, 1.54) is 4.31 Å². The van der Waals surface area contributed by atoms with E-state index in [4.69, 9.17) is 9.47 Å². The first-order valence-electron chi connectivity index (χ1n) is 8.87. The van der Waals surface area contributed by atoms with Gasteiger partial charge in [-0.2, -0.15) is 4.31 Å². The second-order valence-corrected chi connectivity index (χ2v) is 11.0. The Morgan fingerprint density at radius 2 is 2.00 bits per heavy atom. The van der Waals surface area contributed by atoms with Crippen molar-refractivity contribution in [2.24, 2.45) is 0 Å². The summed E-state index contributed by atoms with van der Waals surface area (Å²) in [6.07, 6.45) is 2.06. The Kier molecular flexibility index (Phi) is 5.95. The maximum absolute atomic E-state index is 13.2. The van der Waals surface area contributed by atoms with Crippen molar-refractivity contribution in [2.45, 2.75) is 36.4 Å². The number of benzene rings is 1. The highest BCUT2D eigenvalue weighted by Gasteiger charge is 2.45. The van der Waals surface area contributed by atoms with Gasteiger partial charge in [-0.3, -0.25) is 0 Å². The lowest BCUT2D eigenvalue weighted by Crippen LogP contribution is -2.47. The lowest BCUT2D eigenvalue weighted by Gasteiger charge is -2.31. The van der Waals surface area contributed by atoms with Gasteiger partial charge in [-0.15, -0.1) is 0 Å². The average molecular weight is 419 g/mol. The zero-order valence-electron chi connectivity index (χ0n) is 15.5. The summed E-state index contributed by atoms with van der Waals surface area (Å²) in [5.41, 5.74) is -0.0601. The number of ether oxygens (including phenoxy) is 2. The van der Waals surface area contributed by atoms with Crippen LogP contribution in [0, 0.1) is 6.92 Å². The van der Waals surface area contributed by atoms with E-state index >= 15 is 0 Å². The Hall–Kier alpha value is -1.04. The molecule has 8 nitrogen and oxygen atoms in total. The van der Waals surface area contributed by atoms with Gasteiger partial charge in [-0.1, -0.05) is 18.2 Å². The van der Waals surface area contributed by atoms with Crippen molar-refractivity contribution in [3.05, 3.63) is 29.8 Å². The van der Waals surface area contributed by atoms with Crippen molar-refractivity contribution in [3.63, 3.8) is 0 Å². The highest BCUT2D eigenvalue weighted by Crippen LogP contribution is 2.34. The number of aryl methyl sites for hydroxylation is 1. The Morgan fingerprint density at radius 1 is 1.26 bits per heavy atom. The lowest BCUT2D eigenvalue weighted by atomic mass is 10.0. The fourth-order valence-corrected chi connectivity index (χ4v) is 5.78. The van der Waals surface area contributed by atoms with Crippen molar-refractivity contribution in [1.29, 1.82) is 0 Å². The van der Waals surface area contributed by atoms with Gasteiger partial charge in [0, 0.05) is 19.6 Å². The SMILES string of the molecule is Cc1ccccc1S(=O)(=O)N1CCOC[C@@]2(CC[C@H](CNS(C)(=O)=O)O2)C1. The second-order valence-electron chi connectivity index (χ2n) is 7.24. The molecule has 0 saturated carbocycles. The fourth-order valence-electron chi connectivity index (χ4n) is 3.57. The summed E-state index contributed by atoms with van der Waals surface area (Å²) in [5, 5.41) is 0. The molecule has 2 atom stereocenters. The third-order valence-corrected chi connectivity index (χ3v) is 7.63. The van der Waals surface area contributed by atoms with E-state index in [2.05, 4.69) is 4.72 Å². The molecule has 1 spiro atoms. The molecule has 2 fully saturated rings. The van der Waals surface area contributed by atoms with Crippen LogP contribution >= 0.6 is 0 Å². The van der Waals surface area contributed by atoms with E-state index < -0.39 is 25.6 Å². The number of sulfonamides is 2. The minimum absolute atomic E-state index is 0.172. The quantitative estimate of drug-likeness (QED) is 0.746. The predicted octanol–water partition coefficient (Wildman–Crippen LogP) is 0.483. The Balaban J connectivity index is 1.77. The third-order valence-electron chi connectivity index (χ3n) is 4.94. The molecule has 0 bridgehead atoms. The molecule has 0 aliphatic carbocycles. The zero-order valence-corrected chi connectivity index (χ0v) is 17.2. The molecule has 152 valence electrons. The largest absolute Gasteiger partial charge is 0.377 e. The van der Waals surface area contributed by atoms with Crippen molar-refractivity contribution in [1.82, 2.24) is 9.03 Å². The standard InChI is InChI=1S/C17H26N2O6S2/c1-14-5-3-4-6-16(14)27(22,23)19-9-10-24-13-17(12-19)8-7-15(25-17)11-18-26(2,20)21/h3-6,15,18H,7-13H2,1-2H3/t15-,17-/m1/s1. The summed E-state index contributed by atoms with van der Waals surface area (Å²) in [4.78, 5) is 0.287. The van der Waals surface area contributed by atoms with Crippen LogP contribution in [0.4, 0.5) is 0 Å². The number of rotatable bonds is 5. The first-order chi connectivity index (χ1) is 12.6. The van der Waals surface area contributed by atoms with Crippen molar-refractivity contribution in [3.8, 4) is 0 Å². The molecule has 1 N–H and O–H groups in total. The molecular formula is C17H26N2O6S2. The highest BCUT2D eigenvalue weighted by atomic mass is 32.2. The molecule has 0 amide bonds. The molecule has 2 aliphatic heterocycles. The molecule has 1 aromatic carbocycles. The van der Waals surface area contributed by atoms with Crippen LogP contribution in [-0.4, -0.2) is 71.9 Å². The van der Waals surface area contributed by atoms with E-state index in [-0.39, 0.29) is 30.6 Å². The molecule has 3 rings (SSSR count). The van der Waals surface area contributed by atoms with Crippen molar-refractivity contribution < 1.29 is 26.3 Å². The highest BCUT2D eigenvalue weighted by molar-refractivity contribution is 7.89. The van der Waals surface area contributed by atoms with Gasteiger partial charge in [-0.05, 0) is 31.4 Å². The average Bonchev–Trinajstić information content (AvgIpc) is 2.85. The smallest absolute Gasteiger partial charge is 0.243 e. The number of nitrogens with zero attached hydrogens (tertiary/aromatic N) is 1. The Bertz CT molecular complexity index is 886. The topological polar surface area (TPSA) is 102 Å².